The molecule has 7 aromatic rings. The normalized spacial score (nSPS) is 15.2. The van der Waals surface area contributed by atoms with E-state index in [9.17, 15) is 0 Å². The second kappa shape index (κ2) is 12.1. The van der Waals surface area contributed by atoms with Crippen LogP contribution in [0.3, 0.4) is 0 Å². The van der Waals surface area contributed by atoms with Crippen LogP contribution in [-0.4, -0.2) is 19.5 Å². The first kappa shape index (κ1) is 30.3. The predicted molar refractivity (Wildman–Crippen MR) is 182 cm³/mol. The van der Waals surface area contributed by atoms with Crippen molar-refractivity contribution in [1.29, 1.82) is 0 Å². The summed E-state index contributed by atoms with van der Waals surface area (Å²) in [5.74, 6) is 1.73. The molecular weight excluding hydrogens is 745 g/mol. The predicted octanol–water partition coefficient (Wildman–Crippen LogP) is 10.1. The molecule has 0 spiro atoms. The molecule has 3 aromatic carbocycles. The van der Waals surface area contributed by atoms with Gasteiger partial charge >= 0.3 is 0 Å². The number of allylic oxidation sites excluding steroid dienone is 1. The quantitative estimate of drug-likeness (QED) is 0.168. The average molecular weight is 779 g/mol. The second-order valence-corrected chi connectivity index (χ2v) is 12.7. The average Bonchev–Trinajstić information content (AvgIpc) is 3.82. The largest absolute Gasteiger partial charge is 0.486 e. The summed E-state index contributed by atoms with van der Waals surface area (Å²) in [6.07, 6.45) is 11.8. The van der Waals surface area contributed by atoms with Gasteiger partial charge in [-0.1, -0.05) is 54.1 Å². The summed E-state index contributed by atoms with van der Waals surface area (Å²) in [6, 6.07) is 33.0. The molecule has 1 aliphatic heterocycles. The van der Waals surface area contributed by atoms with Gasteiger partial charge in [-0.3, -0.25) is 4.98 Å². The van der Waals surface area contributed by atoms with Crippen molar-refractivity contribution in [2.45, 2.75) is 57.9 Å². The third-order valence-corrected chi connectivity index (χ3v) is 9.23. The van der Waals surface area contributed by atoms with E-state index in [0.717, 1.165) is 50.2 Å². The Morgan fingerprint density at radius 3 is 2.50 bits per heavy atom. The van der Waals surface area contributed by atoms with Gasteiger partial charge in [0.15, 0.2) is 0 Å². The summed E-state index contributed by atoms with van der Waals surface area (Å²) in [7, 11) is 0. The van der Waals surface area contributed by atoms with Crippen LogP contribution in [0.1, 0.15) is 62.3 Å². The first-order chi connectivity index (χ1) is 22.0. The molecule has 231 valence electrons. The summed E-state index contributed by atoms with van der Waals surface area (Å²) in [5.41, 5.74) is 10.4. The molecule has 1 radical (unpaired) electrons. The maximum absolute atomic E-state index is 5.94. The Morgan fingerprint density at radius 2 is 1.72 bits per heavy atom. The summed E-state index contributed by atoms with van der Waals surface area (Å²) in [4.78, 5) is 13.8. The minimum atomic E-state index is -0.0882. The minimum absolute atomic E-state index is 0. The molecule has 9 rings (SSSR count). The van der Waals surface area contributed by atoms with Gasteiger partial charge in [0, 0.05) is 42.9 Å². The topological polar surface area (TPSA) is 56.7 Å². The van der Waals surface area contributed by atoms with E-state index in [1.807, 2.05) is 61.5 Å². The number of hydrogen-bond donors (Lipinski definition) is 0. The number of furan rings is 1. The van der Waals surface area contributed by atoms with Crippen LogP contribution >= 0.6 is 0 Å². The van der Waals surface area contributed by atoms with Gasteiger partial charge < -0.3 is 14.0 Å². The van der Waals surface area contributed by atoms with Gasteiger partial charge in [-0.2, -0.15) is 0 Å². The Labute approximate surface area is 282 Å². The Balaban J connectivity index is 0.000000147. The summed E-state index contributed by atoms with van der Waals surface area (Å²) in [6.45, 7) is 6.49. The van der Waals surface area contributed by atoms with Crippen molar-refractivity contribution in [1.82, 2.24) is 19.5 Å². The molecule has 1 fully saturated rings. The number of pyridine rings is 2. The molecular formula is C40H34IrN4O-2. The standard InChI is InChI=1S/C23H23N2.C17H11N2O.Ir/c1-23(2)15-14-19-18(16-8-6-7-9-16)12-13-20-21(19)25(23)22(24-20)17-10-4-3-5-11-17;1-11-8-9-13-12-5-4-6-14(15-7-2-3-10-18-15)16(12)20-17(13)19-11;/h3-5,10,12-16H,6-9H2,1-2H3;2-5,7-10H,1H3;/q2*-1;. The number of nitrogens with zero attached hydrogens (tertiary/aromatic N) is 4. The maximum Gasteiger partial charge on any atom is 0.216 e. The van der Waals surface area contributed by atoms with E-state index in [1.54, 1.807) is 6.20 Å². The first-order valence-electron chi connectivity index (χ1n) is 15.8. The van der Waals surface area contributed by atoms with Crippen molar-refractivity contribution in [3.8, 4) is 22.6 Å². The van der Waals surface area contributed by atoms with Crippen LogP contribution in [0.15, 0.2) is 95.6 Å². The zero-order valence-electron chi connectivity index (χ0n) is 26.2. The van der Waals surface area contributed by atoms with Crippen LogP contribution in [0.25, 0.3) is 61.8 Å². The number of imidazole rings is 1. The van der Waals surface area contributed by atoms with Crippen LogP contribution in [0.4, 0.5) is 0 Å². The van der Waals surface area contributed by atoms with E-state index >= 15 is 0 Å². The molecule has 0 bridgehead atoms. The van der Waals surface area contributed by atoms with E-state index in [-0.39, 0.29) is 25.6 Å². The van der Waals surface area contributed by atoms with Crippen LogP contribution in [0, 0.1) is 19.1 Å². The fourth-order valence-corrected chi connectivity index (χ4v) is 7.03. The number of benzene rings is 3. The smallest absolute Gasteiger partial charge is 0.216 e. The molecule has 5 heterocycles. The summed E-state index contributed by atoms with van der Waals surface area (Å²) >= 11 is 0. The van der Waals surface area contributed by atoms with E-state index in [4.69, 9.17) is 9.40 Å². The second-order valence-electron chi connectivity index (χ2n) is 12.7. The Kier molecular flexibility index (Phi) is 7.96. The van der Waals surface area contributed by atoms with Crippen LogP contribution < -0.4 is 0 Å². The molecule has 0 N–H and O–H groups in total. The van der Waals surface area contributed by atoms with E-state index in [1.165, 1.54) is 42.3 Å². The molecule has 4 aromatic heterocycles. The molecule has 0 amide bonds. The zero-order valence-corrected chi connectivity index (χ0v) is 28.6. The molecule has 1 aliphatic carbocycles. The van der Waals surface area contributed by atoms with Crippen molar-refractivity contribution >= 4 is 39.2 Å². The van der Waals surface area contributed by atoms with Crippen LogP contribution in [0.5, 0.6) is 0 Å². The zero-order chi connectivity index (χ0) is 30.5. The van der Waals surface area contributed by atoms with Gasteiger partial charge in [0.1, 0.15) is 0 Å². The third-order valence-electron chi connectivity index (χ3n) is 9.23. The monoisotopic (exact) mass is 779 g/mol. The number of aromatic nitrogens is 4. The summed E-state index contributed by atoms with van der Waals surface area (Å²) in [5, 5.41) is 2.07. The number of rotatable bonds is 3. The fraction of sp³-hybridized carbons (Fsp3) is 0.225. The van der Waals surface area contributed by atoms with E-state index in [0.29, 0.717) is 11.6 Å². The SMILES string of the molecule is CC1(C)C=Cc2c(C3CCCC3)ccc3nc(-c4[c-]cccc4)n1c23.Cc1ccc2c(n1)oc1c(-c3ccccn3)[c-]ccc12.[Ir]. The number of hydrogen-bond acceptors (Lipinski definition) is 4. The van der Waals surface area contributed by atoms with Gasteiger partial charge in [0.25, 0.3) is 0 Å². The van der Waals surface area contributed by atoms with Crippen molar-refractivity contribution in [2.75, 3.05) is 0 Å². The maximum atomic E-state index is 5.94. The molecule has 5 nitrogen and oxygen atoms in total. The van der Waals surface area contributed by atoms with Crippen molar-refractivity contribution in [3.63, 3.8) is 0 Å². The van der Waals surface area contributed by atoms with E-state index < -0.39 is 0 Å². The molecule has 46 heavy (non-hydrogen) atoms. The fourth-order valence-electron chi connectivity index (χ4n) is 7.03. The molecule has 1 saturated carbocycles. The number of fused-ring (bicyclic) bond motifs is 3. The van der Waals surface area contributed by atoms with Crippen molar-refractivity contribution < 1.29 is 24.5 Å². The molecule has 6 heteroatoms. The Bertz CT molecular complexity index is 2210. The molecule has 2 aliphatic rings. The summed E-state index contributed by atoms with van der Waals surface area (Å²) < 4.78 is 8.36. The van der Waals surface area contributed by atoms with Gasteiger partial charge in [-0.15, -0.1) is 54.1 Å². The van der Waals surface area contributed by atoms with Gasteiger partial charge in [-0.05, 0) is 75.1 Å². The Hall–Kier alpha value is -4.38. The Morgan fingerprint density at radius 1 is 0.870 bits per heavy atom. The number of aryl methyl sites for hydroxylation is 1. The van der Waals surface area contributed by atoms with Crippen molar-refractivity contribution in [2.24, 2.45) is 0 Å². The van der Waals surface area contributed by atoms with Crippen LogP contribution in [-0.2, 0) is 25.6 Å². The van der Waals surface area contributed by atoms with Gasteiger partial charge in [0.05, 0.1) is 28.0 Å². The van der Waals surface area contributed by atoms with Gasteiger partial charge in [0.2, 0.25) is 5.71 Å². The molecule has 0 saturated heterocycles. The first-order valence-corrected chi connectivity index (χ1v) is 15.8. The minimum Gasteiger partial charge on any atom is -0.486 e. The van der Waals surface area contributed by atoms with Crippen LogP contribution in [0.2, 0.25) is 0 Å². The third kappa shape index (κ3) is 5.20. The van der Waals surface area contributed by atoms with E-state index in [2.05, 4.69) is 76.9 Å². The molecule has 0 atom stereocenters. The molecule has 0 unspecified atom stereocenters. The van der Waals surface area contributed by atoms with Crippen molar-refractivity contribution in [3.05, 3.63) is 120 Å². The van der Waals surface area contributed by atoms with Gasteiger partial charge in [-0.25, -0.2) is 4.98 Å².